The number of alkyl halides is 5. The third kappa shape index (κ3) is 8.57. The Morgan fingerprint density at radius 2 is 1.58 bits per heavy atom. The predicted octanol–water partition coefficient (Wildman–Crippen LogP) is 11.9. The molecule has 1 unspecified atom stereocenters. The molecule has 0 N–H and O–H groups in total. The second kappa shape index (κ2) is 14.4. The van der Waals surface area contributed by atoms with Gasteiger partial charge in [0.1, 0.15) is 17.4 Å². The number of allylic oxidation sites excluding steroid dienone is 2. The number of benzene rings is 2. The van der Waals surface area contributed by atoms with Crippen LogP contribution >= 0.6 is 0 Å². The molecular weight excluding hydrogens is 593 g/mol. The first-order valence-corrected chi connectivity index (χ1v) is 16.7. The summed E-state index contributed by atoms with van der Waals surface area (Å²) in [6.45, 7) is 2.26. The van der Waals surface area contributed by atoms with Crippen molar-refractivity contribution >= 4 is 10.8 Å². The molecular formula is C37H43F7O. The molecule has 0 spiro atoms. The highest BCUT2D eigenvalue weighted by molar-refractivity contribution is 5.86. The van der Waals surface area contributed by atoms with E-state index in [0.717, 1.165) is 60.8 Å². The topological polar surface area (TPSA) is 9.23 Å². The number of ether oxygens (including phenoxy) is 1. The van der Waals surface area contributed by atoms with E-state index in [2.05, 4.69) is 13.0 Å². The first-order valence-electron chi connectivity index (χ1n) is 16.7. The van der Waals surface area contributed by atoms with Crippen molar-refractivity contribution in [3.05, 3.63) is 53.1 Å². The van der Waals surface area contributed by atoms with Crippen molar-refractivity contribution in [3.8, 4) is 17.6 Å². The van der Waals surface area contributed by atoms with Gasteiger partial charge in [0.25, 0.3) is 0 Å². The van der Waals surface area contributed by atoms with Crippen LogP contribution in [-0.2, 0) is 0 Å². The van der Waals surface area contributed by atoms with Gasteiger partial charge < -0.3 is 4.74 Å². The molecule has 0 amide bonds. The molecule has 0 radical (unpaired) electrons. The average molecular weight is 637 g/mol. The van der Waals surface area contributed by atoms with Crippen LogP contribution in [0.2, 0.25) is 0 Å². The van der Waals surface area contributed by atoms with Crippen LogP contribution in [0, 0.1) is 53.1 Å². The lowest BCUT2D eigenvalue weighted by Gasteiger charge is -2.38. The van der Waals surface area contributed by atoms with E-state index in [9.17, 15) is 22.0 Å². The van der Waals surface area contributed by atoms with E-state index in [1.54, 1.807) is 0 Å². The van der Waals surface area contributed by atoms with Crippen molar-refractivity contribution in [3.63, 3.8) is 0 Å². The van der Waals surface area contributed by atoms with Gasteiger partial charge in [0.2, 0.25) is 0 Å². The van der Waals surface area contributed by atoms with Crippen molar-refractivity contribution in [1.29, 1.82) is 0 Å². The van der Waals surface area contributed by atoms with E-state index >= 15 is 8.78 Å². The molecule has 8 heteroatoms. The van der Waals surface area contributed by atoms with E-state index in [-0.39, 0.29) is 16.5 Å². The zero-order chi connectivity index (χ0) is 32.2. The molecule has 2 saturated carbocycles. The monoisotopic (exact) mass is 636 g/mol. The molecule has 1 nitrogen and oxygen atoms in total. The van der Waals surface area contributed by atoms with Crippen LogP contribution in [-0.4, -0.2) is 12.3 Å². The van der Waals surface area contributed by atoms with Crippen LogP contribution in [0.5, 0.6) is 5.75 Å². The van der Waals surface area contributed by atoms with Crippen LogP contribution in [0.3, 0.4) is 0 Å². The van der Waals surface area contributed by atoms with Gasteiger partial charge in [-0.25, -0.2) is 8.78 Å². The molecule has 0 bridgehead atoms. The van der Waals surface area contributed by atoms with Crippen LogP contribution in [0.1, 0.15) is 109 Å². The Bertz CT molecular complexity index is 1400. The fourth-order valence-corrected chi connectivity index (χ4v) is 7.97. The van der Waals surface area contributed by atoms with Gasteiger partial charge in [0, 0.05) is 11.3 Å². The minimum absolute atomic E-state index is 0.109. The molecule has 3 aliphatic carbocycles. The lowest BCUT2D eigenvalue weighted by atomic mass is 9.68. The molecule has 0 aromatic heterocycles. The van der Waals surface area contributed by atoms with Gasteiger partial charge in [-0.15, -0.1) is 0 Å². The third-order valence-corrected chi connectivity index (χ3v) is 10.6. The van der Waals surface area contributed by atoms with Gasteiger partial charge in [-0.05, 0) is 111 Å². The number of fused-ring (bicyclic) bond motifs is 1. The maximum absolute atomic E-state index is 15.3. The Balaban J connectivity index is 1.13. The highest BCUT2D eigenvalue weighted by atomic mass is 19.4. The highest BCUT2D eigenvalue weighted by Gasteiger charge is 2.44. The van der Waals surface area contributed by atoms with Crippen LogP contribution in [0.25, 0.3) is 10.8 Å². The Morgan fingerprint density at radius 3 is 2.22 bits per heavy atom. The summed E-state index contributed by atoms with van der Waals surface area (Å²) in [4.78, 5) is 0. The van der Waals surface area contributed by atoms with E-state index < -0.39 is 35.4 Å². The molecule has 45 heavy (non-hydrogen) atoms. The van der Waals surface area contributed by atoms with Gasteiger partial charge in [-0.2, -0.15) is 22.0 Å². The first-order chi connectivity index (χ1) is 21.4. The Morgan fingerprint density at radius 1 is 0.844 bits per heavy atom. The Labute approximate surface area is 262 Å². The highest BCUT2D eigenvalue weighted by Crippen LogP contribution is 2.46. The number of hydrogen-bond acceptors (Lipinski definition) is 1. The lowest BCUT2D eigenvalue weighted by Crippen LogP contribution is -2.37. The average Bonchev–Trinajstić information content (AvgIpc) is 3.01. The maximum atomic E-state index is 15.3. The van der Waals surface area contributed by atoms with Crippen molar-refractivity contribution in [2.45, 2.75) is 116 Å². The van der Waals surface area contributed by atoms with Gasteiger partial charge in [-0.3, -0.25) is 0 Å². The summed E-state index contributed by atoms with van der Waals surface area (Å²) in [5.74, 6) is 1.30. The smallest absolute Gasteiger partial charge is 0.432 e. The minimum atomic E-state index is -4.92. The second-order valence-electron chi connectivity index (χ2n) is 13.5. The Kier molecular flexibility index (Phi) is 10.8. The maximum Gasteiger partial charge on any atom is 0.458 e. The molecule has 246 valence electrons. The third-order valence-electron chi connectivity index (χ3n) is 10.6. The normalized spacial score (nSPS) is 26.2. The van der Waals surface area contributed by atoms with Gasteiger partial charge in [0.05, 0.1) is 11.5 Å². The molecule has 2 aromatic carbocycles. The van der Waals surface area contributed by atoms with Crippen molar-refractivity contribution < 1.29 is 35.5 Å². The fraction of sp³-hybridized carbons (Fsp3) is 0.622. The Hall–Kier alpha value is -2.69. The van der Waals surface area contributed by atoms with Crippen molar-refractivity contribution in [2.24, 2.45) is 29.6 Å². The first kappa shape index (κ1) is 33.7. The largest absolute Gasteiger partial charge is 0.458 e. The SMILES string of the molecule is CCCCCC1CCC(C2CC=C(C3CCC(C(F)(F)Oc4ccc5c(F)c(C#CC(F)(F)F)c(F)cc5c4)CC3)CC2)CC1. The minimum Gasteiger partial charge on any atom is -0.432 e. The summed E-state index contributed by atoms with van der Waals surface area (Å²) in [5, 5.41) is -0.348. The van der Waals surface area contributed by atoms with Crippen LogP contribution in [0.4, 0.5) is 30.7 Å². The molecule has 0 heterocycles. The predicted molar refractivity (Wildman–Crippen MR) is 163 cm³/mol. The number of unbranched alkanes of at least 4 members (excludes halogenated alkanes) is 2. The summed E-state index contributed by atoms with van der Waals surface area (Å²) in [6.07, 6.45) is 10.2. The van der Waals surface area contributed by atoms with E-state index in [1.165, 1.54) is 69.3 Å². The quantitative estimate of drug-likeness (QED) is 0.115. The standard InChI is InChI=1S/C37H43F7O/c1-2-3-4-5-24-6-8-25(9-7-24)26-10-12-27(13-11-26)28-14-16-30(17-15-28)37(43,44)45-31-18-19-32-29(22-31)23-34(38)33(35(32)39)20-21-36(40,41)42/h12,18-19,22-26,28,30H,2-11,13-17H2,1H3. The second-order valence-corrected chi connectivity index (χ2v) is 13.5. The lowest BCUT2D eigenvalue weighted by molar-refractivity contribution is -0.223. The summed E-state index contributed by atoms with van der Waals surface area (Å²) < 4.78 is 102. The van der Waals surface area contributed by atoms with Crippen molar-refractivity contribution in [2.75, 3.05) is 0 Å². The number of halogens is 7. The zero-order valence-corrected chi connectivity index (χ0v) is 25.9. The molecule has 1 atom stereocenters. The van der Waals surface area contributed by atoms with Crippen LogP contribution in [0.15, 0.2) is 35.9 Å². The van der Waals surface area contributed by atoms with E-state index in [1.807, 2.05) is 0 Å². The molecule has 0 aliphatic heterocycles. The molecule has 5 rings (SSSR count). The van der Waals surface area contributed by atoms with E-state index in [4.69, 9.17) is 4.74 Å². The van der Waals surface area contributed by atoms with Gasteiger partial charge in [0.15, 0.2) is 0 Å². The molecule has 2 aromatic rings. The molecule has 0 saturated heterocycles. The van der Waals surface area contributed by atoms with Gasteiger partial charge in [-0.1, -0.05) is 63.0 Å². The fourth-order valence-electron chi connectivity index (χ4n) is 7.97. The molecule has 3 aliphatic rings. The molecule has 2 fully saturated rings. The van der Waals surface area contributed by atoms with Crippen LogP contribution < -0.4 is 4.74 Å². The summed E-state index contributed by atoms with van der Waals surface area (Å²) in [7, 11) is 0. The van der Waals surface area contributed by atoms with E-state index in [0.29, 0.717) is 31.6 Å². The summed E-state index contributed by atoms with van der Waals surface area (Å²) in [6, 6.07) is 4.06. The van der Waals surface area contributed by atoms with Crippen molar-refractivity contribution in [1.82, 2.24) is 0 Å². The number of rotatable bonds is 9. The van der Waals surface area contributed by atoms with Gasteiger partial charge >= 0.3 is 12.3 Å². The summed E-state index contributed by atoms with van der Waals surface area (Å²) >= 11 is 0. The zero-order valence-electron chi connectivity index (χ0n) is 25.9. The number of hydrogen-bond donors (Lipinski definition) is 0. The summed E-state index contributed by atoms with van der Waals surface area (Å²) in [5.41, 5.74) is 0.402.